The van der Waals surface area contributed by atoms with Crippen LogP contribution in [0.4, 0.5) is 5.69 Å². The van der Waals surface area contributed by atoms with Gasteiger partial charge in [0.15, 0.2) is 6.61 Å². The predicted molar refractivity (Wildman–Crippen MR) is 79.4 cm³/mol. The lowest BCUT2D eigenvalue weighted by Crippen LogP contribution is -2.49. The predicted octanol–water partition coefficient (Wildman–Crippen LogP) is 3.17. The molecule has 0 unspecified atom stereocenters. The lowest BCUT2D eigenvalue weighted by atomic mass is 9.70. The molecule has 0 atom stereocenters. The number of ether oxygens (including phenoxy) is 1. The molecule has 0 N–H and O–H groups in total. The van der Waals surface area contributed by atoms with Gasteiger partial charge in [-0.05, 0) is 42.2 Å². The molecular weight excluding hydrogens is 282 g/mol. The maximum atomic E-state index is 12.1. The van der Waals surface area contributed by atoms with Crippen molar-refractivity contribution >= 4 is 35.8 Å². The van der Waals surface area contributed by atoms with Crippen molar-refractivity contribution < 1.29 is 9.53 Å². The molecule has 3 nitrogen and oxygen atoms in total. The standard InChI is InChI=1S/C14H16ClNO2S/c15-10-2-3-12-11(6-10)16(13(17)7-18-12)8-14(9-19)4-1-5-14/h2-3,6,19H,1,4-5,7-9H2. The molecule has 0 spiro atoms. The fraction of sp³-hybridized carbons (Fsp3) is 0.500. The summed E-state index contributed by atoms with van der Waals surface area (Å²) in [4.78, 5) is 14.0. The van der Waals surface area contributed by atoms with E-state index in [4.69, 9.17) is 16.3 Å². The first-order chi connectivity index (χ1) is 9.13. The fourth-order valence-electron chi connectivity index (χ4n) is 2.73. The van der Waals surface area contributed by atoms with Crippen molar-refractivity contribution in [2.75, 3.05) is 23.8 Å². The van der Waals surface area contributed by atoms with E-state index >= 15 is 0 Å². The molecule has 1 saturated carbocycles. The van der Waals surface area contributed by atoms with Crippen LogP contribution in [-0.4, -0.2) is 24.8 Å². The van der Waals surface area contributed by atoms with Crippen molar-refractivity contribution in [1.29, 1.82) is 0 Å². The summed E-state index contributed by atoms with van der Waals surface area (Å²) in [7, 11) is 0. The van der Waals surface area contributed by atoms with Crippen LogP contribution in [0, 0.1) is 5.41 Å². The Morgan fingerprint density at radius 2 is 2.21 bits per heavy atom. The summed E-state index contributed by atoms with van der Waals surface area (Å²) in [5, 5.41) is 0.621. The number of hydrogen-bond acceptors (Lipinski definition) is 3. The van der Waals surface area contributed by atoms with E-state index in [1.165, 1.54) is 6.42 Å². The second-order valence-corrected chi connectivity index (χ2v) is 6.14. The third-order valence-corrected chi connectivity index (χ3v) is 5.01. The van der Waals surface area contributed by atoms with E-state index in [0.717, 1.165) is 30.0 Å². The first-order valence-corrected chi connectivity index (χ1v) is 7.48. The minimum Gasteiger partial charge on any atom is -0.482 e. The number of carbonyl (C=O) groups is 1. The second-order valence-electron chi connectivity index (χ2n) is 5.39. The van der Waals surface area contributed by atoms with Crippen molar-refractivity contribution in [3.8, 4) is 5.75 Å². The minimum atomic E-state index is 0.00262. The normalized spacial score (nSPS) is 20.5. The third kappa shape index (κ3) is 2.32. The molecule has 1 amide bonds. The molecule has 1 heterocycles. The van der Waals surface area contributed by atoms with Gasteiger partial charge in [0, 0.05) is 11.6 Å². The largest absolute Gasteiger partial charge is 0.482 e. The van der Waals surface area contributed by atoms with E-state index < -0.39 is 0 Å². The first-order valence-electron chi connectivity index (χ1n) is 6.47. The van der Waals surface area contributed by atoms with Gasteiger partial charge in [0.1, 0.15) is 5.75 Å². The summed E-state index contributed by atoms with van der Waals surface area (Å²) in [6.07, 6.45) is 3.50. The Kier molecular flexibility index (Phi) is 3.39. The van der Waals surface area contributed by atoms with Gasteiger partial charge < -0.3 is 9.64 Å². The number of fused-ring (bicyclic) bond motifs is 1. The Balaban J connectivity index is 1.92. The second kappa shape index (κ2) is 4.91. The molecule has 19 heavy (non-hydrogen) atoms. The van der Waals surface area contributed by atoms with Gasteiger partial charge in [0.25, 0.3) is 5.91 Å². The number of nitrogens with zero attached hydrogens (tertiary/aromatic N) is 1. The average molecular weight is 298 g/mol. The van der Waals surface area contributed by atoms with Gasteiger partial charge in [-0.2, -0.15) is 12.6 Å². The average Bonchev–Trinajstić information content (AvgIpc) is 2.36. The number of carbonyl (C=O) groups excluding carboxylic acids is 1. The van der Waals surface area contributed by atoms with Gasteiger partial charge >= 0.3 is 0 Å². The summed E-state index contributed by atoms with van der Waals surface area (Å²) in [5.41, 5.74) is 0.951. The van der Waals surface area contributed by atoms with E-state index in [9.17, 15) is 4.79 Å². The molecule has 1 aliphatic heterocycles. The smallest absolute Gasteiger partial charge is 0.265 e. The monoisotopic (exact) mass is 297 g/mol. The fourth-order valence-corrected chi connectivity index (χ4v) is 3.31. The Labute approximate surface area is 123 Å². The van der Waals surface area contributed by atoms with Crippen LogP contribution in [0.25, 0.3) is 0 Å². The molecule has 0 radical (unpaired) electrons. The summed E-state index contributed by atoms with van der Waals surface area (Å²) in [5.74, 6) is 1.55. The zero-order chi connectivity index (χ0) is 13.5. The third-order valence-electron chi connectivity index (χ3n) is 4.11. The Hall–Kier alpha value is -0.870. The molecule has 0 saturated heterocycles. The maximum absolute atomic E-state index is 12.1. The number of anilines is 1. The highest BCUT2D eigenvalue weighted by Crippen LogP contribution is 2.45. The molecule has 1 fully saturated rings. The zero-order valence-corrected chi connectivity index (χ0v) is 12.2. The van der Waals surface area contributed by atoms with Crippen LogP contribution in [0.2, 0.25) is 5.02 Å². The van der Waals surface area contributed by atoms with Gasteiger partial charge in [-0.1, -0.05) is 18.0 Å². The van der Waals surface area contributed by atoms with Crippen molar-refractivity contribution in [2.45, 2.75) is 19.3 Å². The molecule has 3 rings (SSSR count). The number of rotatable bonds is 3. The number of halogens is 1. The Bertz CT molecular complexity index is 511. The highest BCUT2D eigenvalue weighted by molar-refractivity contribution is 7.80. The molecule has 0 aromatic heterocycles. The Morgan fingerprint density at radius 1 is 1.42 bits per heavy atom. The SMILES string of the molecule is O=C1COc2ccc(Cl)cc2N1CC1(CS)CCC1. The van der Waals surface area contributed by atoms with Gasteiger partial charge in [-0.15, -0.1) is 0 Å². The van der Waals surface area contributed by atoms with Crippen LogP contribution >= 0.6 is 24.2 Å². The van der Waals surface area contributed by atoms with Crippen molar-refractivity contribution in [3.63, 3.8) is 0 Å². The molecule has 1 aliphatic carbocycles. The maximum Gasteiger partial charge on any atom is 0.265 e. The highest BCUT2D eigenvalue weighted by atomic mass is 35.5. The zero-order valence-electron chi connectivity index (χ0n) is 10.6. The van der Waals surface area contributed by atoms with Crippen LogP contribution in [0.15, 0.2) is 18.2 Å². The molecule has 102 valence electrons. The molecular formula is C14H16ClNO2S. The van der Waals surface area contributed by atoms with Crippen LogP contribution in [0.5, 0.6) is 5.75 Å². The first kappa shape index (κ1) is 13.1. The van der Waals surface area contributed by atoms with Crippen molar-refractivity contribution in [3.05, 3.63) is 23.2 Å². The van der Waals surface area contributed by atoms with Crippen LogP contribution in [-0.2, 0) is 4.79 Å². The van der Waals surface area contributed by atoms with E-state index in [1.54, 1.807) is 12.1 Å². The van der Waals surface area contributed by atoms with Gasteiger partial charge in [0.05, 0.1) is 5.69 Å². The molecule has 1 aromatic rings. The van der Waals surface area contributed by atoms with Crippen LogP contribution < -0.4 is 9.64 Å². The lowest BCUT2D eigenvalue weighted by molar-refractivity contribution is -0.121. The summed E-state index contributed by atoms with van der Waals surface area (Å²) < 4.78 is 5.45. The number of benzene rings is 1. The van der Waals surface area contributed by atoms with Gasteiger partial charge in [0.2, 0.25) is 0 Å². The van der Waals surface area contributed by atoms with E-state index in [-0.39, 0.29) is 17.9 Å². The van der Waals surface area contributed by atoms with Crippen LogP contribution in [0.1, 0.15) is 19.3 Å². The van der Waals surface area contributed by atoms with Crippen molar-refractivity contribution in [1.82, 2.24) is 0 Å². The van der Waals surface area contributed by atoms with Gasteiger partial charge in [-0.25, -0.2) is 0 Å². The topological polar surface area (TPSA) is 29.5 Å². The summed E-state index contributed by atoms with van der Waals surface area (Å²) in [6, 6.07) is 5.41. The summed E-state index contributed by atoms with van der Waals surface area (Å²) >= 11 is 10.5. The number of hydrogen-bond donors (Lipinski definition) is 1. The highest BCUT2D eigenvalue weighted by Gasteiger charge is 2.40. The quantitative estimate of drug-likeness (QED) is 0.869. The van der Waals surface area contributed by atoms with Crippen LogP contribution in [0.3, 0.4) is 0 Å². The minimum absolute atomic E-state index is 0.00262. The van der Waals surface area contributed by atoms with E-state index in [0.29, 0.717) is 11.6 Å². The van der Waals surface area contributed by atoms with Gasteiger partial charge in [-0.3, -0.25) is 4.79 Å². The van der Waals surface area contributed by atoms with E-state index in [1.807, 2.05) is 11.0 Å². The summed E-state index contributed by atoms with van der Waals surface area (Å²) in [6.45, 7) is 0.823. The number of amides is 1. The molecule has 1 aromatic carbocycles. The number of thiol groups is 1. The molecule has 5 heteroatoms. The Morgan fingerprint density at radius 3 is 2.84 bits per heavy atom. The van der Waals surface area contributed by atoms with E-state index in [2.05, 4.69) is 12.6 Å². The van der Waals surface area contributed by atoms with Crippen molar-refractivity contribution in [2.24, 2.45) is 5.41 Å². The molecule has 2 aliphatic rings. The lowest BCUT2D eigenvalue weighted by Gasteiger charge is -2.45. The molecule has 0 bridgehead atoms.